The van der Waals surface area contributed by atoms with Crippen molar-refractivity contribution in [2.75, 3.05) is 26.6 Å². The van der Waals surface area contributed by atoms with Gasteiger partial charge in [-0.3, -0.25) is 0 Å². The molecular formula is C24H32O7S. The van der Waals surface area contributed by atoms with Crippen molar-refractivity contribution in [2.24, 2.45) is 0 Å². The summed E-state index contributed by atoms with van der Waals surface area (Å²) in [7, 11) is 3.25. The molecule has 0 radical (unpaired) electrons. The van der Waals surface area contributed by atoms with E-state index in [-0.39, 0.29) is 18.6 Å². The molecule has 0 spiro atoms. The normalized spacial score (nSPS) is 25.5. The highest BCUT2D eigenvalue weighted by Crippen LogP contribution is 2.33. The second-order valence-corrected chi connectivity index (χ2v) is 8.79. The fourth-order valence-corrected chi connectivity index (χ4v) is 4.51. The van der Waals surface area contributed by atoms with Crippen molar-refractivity contribution >= 4 is 11.8 Å². The Morgan fingerprint density at radius 1 is 0.844 bits per heavy atom. The quantitative estimate of drug-likeness (QED) is 0.525. The molecule has 1 heterocycles. The van der Waals surface area contributed by atoms with Crippen LogP contribution in [0.5, 0.6) is 11.5 Å². The largest absolute Gasteiger partial charge is 0.497 e. The number of methoxy groups -OCH3 is 2. The van der Waals surface area contributed by atoms with Gasteiger partial charge in [-0.2, -0.15) is 0 Å². The molecular weight excluding hydrogens is 432 g/mol. The van der Waals surface area contributed by atoms with Gasteiger partial charge in [-0.1, -0.05) is 31.2 Å². The van der Waals surface area contributed by atoms with Crippen LogP contribution in [0, 0.1) is 0 Å². The molecule has 3 rings (SSSR count). The van der Waals surface area contributed by atoms with E-state index >= 15 is 0 Å². The van der Waals surface area contributed by atoms with Crippen molar-refractivity contribution in [1.29, 1.82) is 0 Å². The van der Waals surface area contributed by atoms with Crippen LogP contribution in [-0.4, -0.2) is 66.6 Å². The van der Waals surface area contributed by atoms with Crippen LogP contribution >= 0.6 is 11.8 Å². The van der Waals surface area contributed by atoms with Crippen molar-refractivity contribution in [3.8, 4) is 11.5 Å². The van der Waals surface area contributed by atoms with E-state index in [0.29, 0.717) is 6.61 Å². The van der Waals surface area contributed by atoms with E-state index < -0.39 is 24.4 Å². The smallest absolute Gasteiger partial charge is 0.132 e. The molecule has 176 valence electrons. The van der Waals surface area contributed by atoms with Gasteiger partial charge in [0.15, 0.2) is 0 Å². The Balaban J connectivity index is 1.74. The van der Waals surface area contributed by atoms with Crippen LogP contribution < -0.4 is 9.47 Å². The Hall–Kier alpha value is -1.81. The highest BCUT2D eigenvalue weighted by Gasteiger charge is 2.46. The SMILES string of the molecule is CCS[C@@H]1O[C@H](CO)[C@@H](O)[C@H](OCc2ccc(OC)cc2)[C@H]1OCc1ccc(OC)cc1. The van der Waals surface area contributed by atoms with E-state index in [9.17, 15) is 10.2 Å². The Labute approximate surface area is 193 Å². The molecule has 5 atom stereocenters. The summed E-state index contributed by atoms with van der Waals surface area (Å²) in [5, 5.41) is 20.6. The summed E-state index contributed by atoms with van der Waals surface area (Å²) in [6.45, 7) is 2.35. The highest BCUT2D eigenvalue weighted by atomic mass is 32.2. The Bertz CT molecular complexity index is 747. The molecule has 0 aliphatic carbocycles. The zero-order valence-electron chi connectivity index (χ0n) is 18.7. The molecule has 7 nitrogen and oxygen atoms in total. The fourth-order valence-electron chi connectivity index (χ4n) is 3.54. The lowest BCUT2D eigenvalue weighted by atomic mass is 9.99. The monoisotopic (exact) mass is 464 g/mol. The van der Waals surface area contributed by atoms with Crippen LogP contribution in [-0.2, 0) is 27.4 Å². The van der Waals surface area contributed by atoms with E-state index in [4.69, 9.17) is 23.7 Å². The molecule has 32 heavy (non-hydrogen) atoms. The Morgan fingerprint density at radius 2 is 1.34 bits per heavy atom. The lowest BCUT2D eigenvalue weighted by Crippen LogP contribution is -2.59. The summed E-state index contributed by atoms with van der Waals surface area (Å²) in [5.74, 6) is 2.34. The molecule has 0 aromatic heterocycles. The fraction of sp³-hybridized carbons (Fsp3) is 0.500. The maximum Gasteiger partial charge on any atom is 0.132 e. The van der Waals surface area contributed by atoms with E-state index in [2.05, 4.69) is 0 Å². The number of aliphatic hydroxyl groups excluding tert-OH is 2. The second-order valence-electron chi connectivity index (χ2n) is 7.42. The van der Waals surface area contributed by atoms with E-state index in [0.717, 1.165) is 28.4 Å². The molecule has 0 amide bonds. The summed E-state index contributed by atoms with van der Waals surface area (Å²) in [5.41, 5.74) is 1.54. The van der Waals surface area contributed by atoms with Gasteiger partial charge >= 0.3 is 0 Å². The van der Waals surface area contributed by atoms with Gasteiger partial charge < -0.3 is 33.9 Å². The molecule has 1 aliphatic heterocycles. The Kier molecular flexibility index (Phi) is 9.65. The molecule has 1 saturated heterocycles. The molecule has 0 bridgehead atoms. The third-order valence-electron chi connectivity index (χ3n) is 5.33. The van der Waals surface area contributed by atoms with Crippen molar-refractivity contribution < 1.29 is 33.9 Å². The van der Waals surface area contributed by atoms with Gasteiger partial charge in [0.25, 0.3) is 0 Å². The van der Waals surface area contributed by atoms with E-state index in [1.54, 1.807) is 26.0 Å². The number of benzene rings is 2. The molecule has 1 aliphatic rings. The third kappa shape index (κ3) is 6.37. The van der Waals surface area contributed by atoms with Crippen LogP contribution in [0.15, 0.2) is 48.5 Å². The first-order valence-electron chi connectivity index (χ1n) is 10.6. The minimum atomic E-state index is -1.02. The molecule has 0 saturated carbocycles. The van der Waals surface area contributed by atoms with Gasteiger partial charge in [0, 0.05) is 0 Å². The minimum Gasteiger partial charge on any atom is -0.497 e. The Morgan fingerprint density at radius 3 is 1.78 bits per heavy atom. The second kappa shape index (κ2) is 12.4. The summed E-state index contributed by atoms with van der Waals surface area (Å²) in [6.07, 6.45) is -2.93. The van der Waals surface area contributed by atoms with Gasteiger partial charge in [-0.25, -0.2) is 0 Å². The average Bonchev–Trinajstić information content (AvgIpc) is 2.84. The summed E-state index contributed by atoms with van der Waals surface area (Å²) in [6, 6.07) is 15.2. The van der Waals surface area contributed by atoms with Gasteiger partial charge in [0.2, 0.25) is 0 Å². The zero-order valence-corrected chi connectivity index (χ0v) is 19.5. The maximum atomic E-state index is 10.9. The molecule has 1 fully saturated rings. The van der Waals surface area contributed by atoms with Crippen LogP contribution in [0.1, 0.15) is 18.1 Å². The maximum absolute atomic E-state index is 10.9. The zero-order chi connectivity index (χ0) is 22.9. The summed E-state index contributed by atoms with van der Waals surface area (Å²) >= 11 is 1.57. The first kappa shape index (κ1) is 24.8. The van der Waals surface area contributed by atoms with Crippen molar-refractivity contribution in [1.82, 2.24) is 0 Å². The minimum absolute atomic E-state index is 0.287. The predicted molar refractivity (Wildman–Crippen MR) is 123 cm³/mol. The molecule has 8 heteroatoms. The summed E-state index contributed by atoms with van der Waals surface area (Å²) < 4.78 is 28.8. The van der Waals surface area contributed by atoms with Crippen LogP contribution in [0.25, 0.3) is 0 Å². The number of hydrogen-bond acceptors (Lipinski definition) is 8. The number of hydrogen-bond donors (Lipinski definition) is 2. The number of aliphatic hydroxyl groups is 2. The van der Waals surface area contributed by atoms with Gasteiger partial charge in [-0.15, -0.1) is 11.8 Å². The van der Waals surface area contributed by atoms with Crippen molar-refractivity contribution in [2.45, 2.75) is 50.0 Å². The van der Waals surface area contributed by atoms with E-state index in [1.165, 1.54) is 0 Å². The van der Waals surface area contributed by atoms with E-state index in [1.807, 2.05) is 55.5 Å². The van der Waals surface area contributed by atoms with Crippen LogP contribution in [0.3, 0.4) is 0 Å². The molecule has 2 aromatic rings. The van der Waals surface area contributed by atoms with Gasteiger partial charge in [0.1, 0.15) is 41.4 Å². The van der Waals surface area contributed by atoms with Crippen molar-refractivity contribution in [3.63, 3.8) is 0 Å². The predicted octanol–water partition coefficient (Wildman–Crippen LogP) is 3.01. The number of ether oxygens (including phenoxy) is 5. The highest BCUT2D eigenvalue weighted by molar-refractivity contribution is 7.99. The lowest BCUT2D eigenvalue weighted by molar-refractivity contribution is -0.237. The van der Waals surface area contributed by atoms with Crippen LogP contribution in [0.2, 0.25) is 0 Å². The average molecular weight is 465 g/mol. The van der Waals surface area contributed by atoms with Crippen LogP contribution in [0.4, 0.5) is 0 Å². The number of thioether (sulfide) groups is 1. The first-order chi connectivity index (χ1) is 15.6. The molecule has 2 N–H and O–H groups in total. The molecule has 2 aromatic carbocycles. The van der Waals surface area contributed by atoms with Crippen molar-refractivity contribution in [3.05, 3.63) is 59.7 Å². The first-order valence-corrected chi connectivity index (χ1v) is 11.7. The topological polar surface area (TPSA) is 86.6 Å². The standard InChI is InChI=1S/C24H32O7S/c1-4-32-24-23(30-15-17-7-11-19(28-3)12-8-17)22(21(26)20(13-25)31-24)29-14-16-5-9-18(27-2)10-6-16/h5-12,20-26H,4,13-15H2,1-3H3/t20-,21-,22+,23-,24+/m1/s1. The third-order valence-corrected chi connectivity index (χ3v) is 6.37. The van der Waals surface area contributed by atoms with Gasteiger partial charge in [0.05, 0.1) is 34.0 Å². The van der Waals surface area contributed by atoms with Gasteiger partial charge in [-0.05, 0) is 41.1 Å². The summed E-state index contributed by atoms with van der Waals surface area (Å²) in [4.78, 5) is 0. The number of rotatable bonds is 11. The lowest BCUT2D eigenvalue weighted by Gasteiger charge is -2.43. The molecule has 0 unspecified atom stereocenters.